The van der Waals surface area contributed by atoms with E-state index >= 15 is 0 Å². The molecule has 1 heterocycles. The summed E-state index contributed by atoms with van der Waals surface area (Å²) in [5.41, 5.74) is 0. The van der Waals surface area contributed by atoms with E-state index in [0.717, 1.165) is 19.6 Å². The van der Waals surface area contributed by atoms with Gasteiger partial charge in [-0.2, -0.15) is 0 Å². The van der Waals surface area contributed by atoms with Gasteiger partial charge in [0.1, 0.15) is 0 Å². The maximum Gasteiger partial charge on any atom is 0.223 e. The standard InChI is InChI=1S/C14H28N2O.ClH/c1-5-16(11(2)3)14(17)9-12(4)13-7-6-8-15-10-13;/h11-13,15H,5-10H2,1-4H3;1H. The largest absolute Gasteiger partial charge is 0.341 e. The summed E-state index contributed by atoms with van der Waals surface area (Å²) in [6, 6.07) is 0.323. The predicted molar refractivity (Wildman–Crippen MR) is 79.1 cm³/mol. The van der Waals surface area contributed by atoms with Crippen LogP contribution in [0.5, 0.6) is 0 Å². The van der Waals surface area contributed by atoms with E-state index in [4.69, 9.17) is 0 Å². The van der Waals surface area contributed by atoms with Gasteiger partial charge in [0.25, 0.3) is 0 Å². The smallest absolute Gasteiger partial charge is 0.223 e. The molecule has 0 saturated carbocycles. The summed E-state index contributed by atoms with van der Waals surface area (Å²) in [7, 11) is 0. The first-order valence-corrected chi connectivity index (χ1v) is 7.06. The summed E-state index contributed by atoms with van der Waals surface area (Å²) in [4.78, 5) is 14.2. The van der Waals surface area contributed by atoms with Gasteiger partial charge in [0.05, 0.1) is 0 Å². The van der Waals surface area contributed by atoms with Gasteiger partial charge in [0.15, 0.2) is 0 Å². The van der Waals surface area contributed by atoms with Crippen LogP contribution < -0.4 is 5.32 Å². The highest BCUT2D eigenvalue weighted by molar-refractivity contribution is 5.85. The van der Waals surface area contributed by atoms with Crippen molar-refractivity contribution in [2.45, 2.75) is 53.0 Å². The van der Waals surface area contributed by atoms with Crippen molar-refractivity contribution in [3.05, 3.63) is 0 Å². The minimum atomic E-state index is 0. The predicted octanol–water partition coefficient (Wildman–Crippen LogP) is 2.69. The number of rotatable bonds is 5. The maximum absolute atomic E-state index is 12.2. The molecule has 0 aromatic heterocycles. The molecular formula is C14H29ClN2O. The Morgan fingerprint density at radius 2 is 2.06 bits per heavy atom. The molecule has 3 nitrogen and oxygen atoms in total. The van der Waals surface area contributed by atoms with Crippen molar-refractivity contribution in [1.29, 1.82) is 0 Å². The second kappa shape index (κ2) is 8.76. The van der Waals surface area contributed by atoms with Gasteiger partial charge in [-0.25, -0.2) is 0 Å². The van der Waals surface area contributed by atoms with Crippen molar-refractivity contribution in [2.24, 2.45) is 11.8 Å². The maximum atomic E-state index is 12.2. The number of carbonyl (C=O) groups excluding carboxylic acids is 1. The molecule has 0 spiro atoms. The summed E-state index contributed by atoms with van der Waals surface area (Å²) >= 11 is 0. The number of amides is 1. The molecule has 2 atom stereocenters. The van der Waals surface area contributed by atoms with Crippen LogP contribution in [0.25, 0.3) is 0 Å². The third-order valence-electron chi connectivity index (χ3n) is 3.92. The molecule has 0 radical (unpaired) electrons. The van der Waals surface area contributed by atoms with Crippen molar-refractivity contribution >= 4 is 18.3 Å². The first kappa shape index (κ1) is 17.7. The highest BCUT2D eigenvalue weighted by Gasteiger charge is 2.24. The molecule has 1 rings (SSSR count). The number of hydrogen-bond acceptors (Lipinski definition) is 2. The van der Waals surface area contributed by atoms with Crippen molar-refractivity contribution in [3.8, 4) is 0 Å². The number of carbonyl (C=O) groups is 1. The highest BCUT2D eigenvalue weighted by Crippen LogP contribution is 2.23. The third kappa shape index (κ3) is 5.15. The summed E-state index contributed by atoms with van der Waals surface area (Å²) in [5.74, 6) is 1.50. The Kier molecular flexibility index (Phi) is 8.62. The van der Waals surface area contributed by atoms with E-state index in [1.165, 1.54) is 12.8 Å². The Morgan fingerprint density at radius 1 is 1.39 bits per heavy atom. The fourth-order valence-electron chi connectivity index (χ4n) is 2.75. The molecular weight excluding hydrogens is 248 g/mol. The Hall–Kier alpha value is -0.280. The van der Waals surface area contributed by atoms with Gasteiger partial charge < -0.3 is 10.2 Å². The van der Waals surface area contributed by atoms with Gasteiger partial charge in [-0.1, -0.05) is 6.92 Å². The van der Waals surface area contributed by atoms with Crippen LogP contribution in [0.15, 0.2) is 0 Å². The van der Waals surface area contributed by atoms with E-state index in [1.54, 1.807) is 0 Å². The van der Waals surface area contributed by atoms with Gasteiger partial charge in [0.2, 0.25) is 5.91 Å². The van der Waals surface area contributed by atoms with Crippen molar-refractivity contribution in [1.82, 2.24) is 10.2 Å². The minimum absolute atomic E-state index is 0. The van der Waals surface area contributed by atoms with Crippen LogP contribution in [-0.4, -0.2) is 36.5 Å². The zero-order valence-corrected chi connectivity index (χ0v) is 13.1. The van der Waals surface area contributed by atoms with Gasteiger partial charge >= 0.3 is 0 Å². The number of piperidine rings is 1. The van der Waals surface area contributed by atoms with Crippen molar-refractivity contribution in [3.63, 3.8) is 0 Å². The van der Waals surface area contributed by atoms with E-state index < -0.39 is 0 Å². The molecule has 1 aliphatic heterocycles. The molecule has 0 bridgehead atoms. The van der Waals surface area contributed by atoms with E-state index in [9.17, 15) is 4.79 Å². The molecule has 0 aliphatic carbocycles. The molecule has 0 aromatic rings. The number of halogens is 1. The van der Waals surface area contributed by atoms with Crippen molar-refractivity contribution in [2.75, 3.05) is 19.6 Å². The van der Waals surface area contributed by atoms with Crippen LogP contribution in [-0.2, 0) is 4.79 Å². The Bertz CT molecular complexity index is 240. The number of nitrogens with zero attached hydrogens (tertiary/aromatic N) is 1. The molecule has 1 aliphatic rings. The quantitative estimate of drug-likeness (QED) is 0.837. The Balaban J connectivity index is 0.00000289. The lowest BCUT2D eigenvalue weighted by Crippen LogP contribution is -2.40. The van der Waals surface area contributed by atoms with Crippen LogP contribution in [0.1, 0.15) is 47.0 Å². The monoisotopic (exact) mass is 276 g/mol. The molecule has 2 unspecified atom stereocenters. The van der Waals surface area contributed by atoms with Gasteiger partial charge in [-0.15, -0.1) is 12.4 Å². The lowest BCUT2D eigenvalue weighted by Gasteiger charge is -2.31. The topological polar surface area (TPSA) is 32.3 Å². The molecule has 4 heteroatoms. The average molecular weight is 277 g/mol. The van der Waals surface area contributed by atoms with Crippen LogP contribution >= 0.6 is 12.4 Å². The first-order valence-electron chi connectivity index (χ1n) is 7.06. The normalized spacial score (nSPS) is 21.3. The molecule has 0 aromatic carbocycles. The second-order valence-electron chi connectivity index (χ2n) is 5.56. The summed E-state index contributed by atoms with van der Waals surface area (Å²) in [6.07, 6.45) is 3.23. The van der Waals surface area contributed by atoms with Crippen LogP contribution in [0, 0.1) is 11.8 Å². The molecule has 1 amide bonds. The third-order valence-corrected chi connectivity index (χ3v) is 3.92. The van der Waals surface area contributed by atoms with Gasteiger partial charge in [-0.3, -0.25) is 4.79 Å². The van der Waals surface area contributed by atoms with Crippen LogP contribution in [0.3, 0.4) is 0 Å². The highest BCUT2D eigenvalue weighted by atomic mass is 35.5. The number of nitrogens with one attached hydrogen (secondary N) is 1. The Labute approximate surface area is 118 Å². The summed E-state index contributed by atoms with van der Waals surface area (Å²) in [6.45, 7) is 11.5. The van der Waals surface area contributed by atoms with E-state index in [2.05, 4.69) is 33.0 Å². The average Bonchev–Trinajstić information content (AvgIpc) is 2.30. The van der Waals surface area contributed by atoms with E-state index in [0.29, 0.717) is 30.2 Å². The zero-order chi connectivity index (χ0) is 12.8. The zero-order valence-electron chi connectivity index (χ0n) is 12.2. The lowest BCUT2D eigenvalue weighted by molar-refractivity contribution is -0.134. The summed E-state index contributed by atoms with van der Waals surface area (Å²) in [5, 5.41) is 3.43. The molecule has 1 N–H and O–H groups in total. The molecule has 1 saturated heterocycles. The minimum Gasteiger partial charge on any atom is -0.341 e. The SMILES string of the molecule is CCN(C(=O)CC(C)C1CCCNC1)C(C)C.Cl. The second-order valence-corrected chi connectivity index (χ2v) is 5.56. The summed E-state index contributed by atoms with van der Waals surface area (Å²) < 4.78 is 0. The lowest BCUT2D eigenvalue weighted by atomic mass is 9.85. The van der Waals surface area contributed by atoms with Crippen molar-refractivity contribution < 1.29 is 4.79 Å². The molecule has 18 heavy (non-hydrogen) atoms. The molecule has 108 valence electrons. The van der Waals surface area contributed by atoms with Gasteiger partial charge in [0, 0.05) is 19.0 Å². The van der Waals surface area contributed by atoms with Crippen LogP contribution in [0.4, 0.5) is 0 Å². The van der Waals surface area contributed by atoms with E-state index in [1.807, 2.05) is 4.90 Å². The van der Waals surface area contributed by atoms with Gasteiger partial charge in [-0.05, 0) is 58.5 Å². The fraction of sp³-hybridized carbons (Fsp3) is 0.929. The Morgan fingerprint density at radius 3 is 2.50 bits per heavy atom. The number of hydrogen-bond donors (Lipinski definition) is 1. The molecule has 1 fully saturated rings. The fourth-order valence-corrected chi connectivity index (χ4v) is 2.75. The van der Waals surface area contributed by atoms with E-state index in [-0.39, 0.29) is 12.4 Å². The first-order chi connectivity index (χ1) is 8.06. The van der Waals surface area contributed by atoms with Crippen LogP contribution in [0.2, 0.25) is 0 Å².